The van der Waals surface area contributed by atoms with E-state index in [1.54, 1.807) is 0 Å². The molecule has 1 fully saturated rings. The van der Waals surface area contributed by atoms with Crippen molar-refractivity contribution in [1.29, 1.82) is 0 Å². The van der Waals surface area contributed by atoms with Gasteiger partial charge in [-0.2, -0.15) is 0 Å². The van der Waals surface area contributed by atoms with Gasteiger partial charge in [0.25, 0.3) is 0 Å². The summed E-state index contributed by atoms with van der Waals surface area (Å²) in [6.07, 6.45) is 6.60. The van der Waals surface area contributed by atoms with Crippen LogP contribution in [0.2, 0.25) is 5.02 Å². The molecule has 0 saturated heterocycles. The molecule has 0 spiro atoms. The zero-order chi connectivity index (χ0) is 17.1. The van der Waals surface area contributed by atoms with Gasteiger partial charge in [0, 0.05) is 23.5 Å². The largest absolute Gasteiger partial charge is 0.354 e. The van der Waals surface area contributed by atoms with E-state index < -0.39 is 0 Å². The fraction of sp³-hybridized carbons (Fsp3) is 0.579. The van der Waals surface area contributed by atoms with E-state index >= 15 is 0 Å². The Kier molecular flexibility index (Phi) is 5.57. The van der Waals surface area contributed by atoms with Crippen LogP contribution < -0.4 is 11.1 Å². The molecule has 0 bridgehead atoms. The van der Waals surface area contributed by atoms with Gasteiger partial charge in [-0.1, -0.05) is 17.7 Å². The Hall–Kier alpha value is -1.39. The number of amides is 1. The third-order valence-electron chi connectivity index (χ3n) is 5.63. The van der Waals surface area contributed by atoms with Gasteiger partial charge in [-0.05, 0) is 67.7 Å². The standard InChI is InChI=1S/C19H25ClN2O2/c20-15-6-8-16-14(9-15)5-7-17(16)19(24)22-10-18(21)13-3-1-12(11-23)2-4-13/h6,8-9,11-13,17-18H,1-5,7,10,21H2,(H,22,24). The summed E-state index contributed by atoms with van der Waals surface area (Å²) in [7, 11) is 0. The van der Waals surface area contributed by atoms with E-state index in [1.807, 2.05) is 18.2 Å². The Morgan fingerprint density at radius 2 is 2.04 bits per heavy atom. The van der Waals surface area contributed by atoms with Crippen LogP contribution in [0.15, 0.2) is 18.2 Å². The number of benzene rings is 1. The summed E-state index contributed by atoms with van der Waals surface area (Å²) in [5.74, 6) is 0.574. The second-order valence-corrected chi connectivity index (χ2v) is 7.59. The molecule has 1 aromatic rings. The van der Waals surface area contributed by atoms with Crippen molar-refractivity contribution in [2.75, 3.05) is 6.54 Å². The first-order valence-electron chi connectivity index (χ1n) is 8.85. The van der Waals surface area contributed by atoms with E-state index in [0.29, 0.717) is 12.5 Å². The van der Waals surface area contributed by atoms with Crippen molar-refractivity contribution in [2.45, 2.75) is 50.5 Å². The number of rotatable bonds is 5. The average Bonchev–Trinajstić information content (AvgIpc) is 3.02. The highest BCUT2D eigenvalue weighted by molar-refractivity contribution is 6.30. The van der Waals surface area contributed by atoms with Gasteiger partial charge in [0.1, 0.15) is 6.29 Å². The minimum atomic E-state index is -0.0877. The molecule has 0 aromatic heterocycles. The fourth-order valence-corrected chi connectivity index (χ4v) is 4.27. The molecule has 5 heteroatoms. The number of nitrogens with one attached hydrogen (secondary N) is 1. The summed E-state index contributed by atoms with van der Waals surface area (Å²) in [4.78, 5) is 23.4. The number of hydrogen-bond acceptors (Lipinski definition) is 3. The normalized spacial score (nSPS) is 27.3. The lowest BCUT2D eigenvalue weighted by Crippen LogP contribution is -2.44. The molecule has 2 atom stereocenters. The molecular formula is C19H25ClN2O2. The van der Waals surface area contributed by atoms with Gasteiger partial charge in [-0.3, -0.25) is 4.79 Å². The van der Waals surface area contributed by atoms with E-state index in [9.17, 15) is 9.59 Å². The Labute approximate surface area is 148 Å². The predicted molar refractivity (Wildman–Crippen MR) is 95.0 cm³/mol. The summed E-state index contributed by atoms with van der Waals surface area (Å²) in [5.41, 5.74) is 8.55. The molecule has 0 aliphatic heterocycles. The van der Waals surface area contributed by atoms with Crippen LogP contribution in [0.5, 0.6) is 0 Å². The molecule has 1 saturated carbocycles. The van der Waals surface area contributed by atoms with Crippen LogP contribution in [0.1, 0.15) is 49.1 Å². The second-order valence-electron chi connectivity index (χ2n) is 7.15. The molecule has 24 heavy (non-hydrogen) atoms. The van der Waals surface area contributed by atoms with Gasteiger partial charge in [0.2, 0.25) is 5.91 Å². The summed E-state index contributed by atoms with van der Waals surface area (Å²) in [6.45, 7) is 0.509. The molecule has 1 amide bonds. The maximum atomic E-state index is 12.5. The van der Waals surface area contributed by atoms with Crippen molar-refractivity contribution in [2.24, 2.45) is 17.6 Å². The maximum absolute atomic E-state index is 12.5. The molecule has 0 radical (unpaired) electrons. The van der Waals surface area contributed by atoms with Crippen molar-refractivity contribution in [1.82, 2.24) is 5.32 Å². The van der Waals surface area contributed by atoms with Crippen molar-refractivity contribution in [3.05, 3.63) is 34.3 Å². The number of nitrogens with two attached hydrogens (primary N) is 1. The van der Waals surface area contributed by atoms with Crippen LogP contribution in [0, 0.1) is 11.8 Å². The predicted octanol–water partition coefficient (Wildman–Crippen LogP) is 2.82. The van der Waals surface area contributed by atoms with E-state index in [-0.39, 0.29) is 23.8 Å². The molecule has 0 heterocycles. The summed E-state index contributed by atoms with van der Waals surface area (Å²) in [6, 6.07) is 5.74. The van der Waals surface area contributed by atoms with Crippen molar-refractivity contribution >= 4 is 23.8 Å². The van der Waals surface area contributed by atoms with Crippen LogP contribution in [-0.2, 0) is 16.0 Å². The van der Waals surface area contributed by atoms with Gasteiger partial charge in [0.15, 0.2) is 0 Å². The summed E-state index contributed by atoms with van der Waals surface area (Å²) >= 11 is 6.02. The van der Waals surface area contributed by atoms with Gasteiger partial charge >= 0.3 is 0 Å². The van der Waals surface area contributed by atoms with E-state index in [4.69, 9.17) is 17.3 Å². The van der Waals surface area contributed by atoms with Crippen molar-refractivity contribution < 1.29 is 9.59 Å². The molecular weight excluding hydrogens is 324 g/mol. The van der Waals surface area contributed by atoms with E-state index in [1.165, 1.54) is 5.56 Å². The molecule has 3 rings (SSSR count). The second kappa shape index (κ2) is 7.66. The minimum Gasteiger partial charge on any atom is -0.354 e. The number of fused-ring (bicyclic) bond motifs is 1. The van der Waals surface area contributed by atoms with Crippen LogP contribution in [0.25, 0.3) is 0 Å². The number of aldehydes is 1. The first kappa shape index (κ1) is 17.4. The molecule has 1 aromatic carbocycles. The van der Waals surface area contributed by atoms with Crippen LogP contribution in [0.4, 0.5) is 0 Å². The molecule has 4 nitrogen and oxygen atoms in total. The number of carbonyl (C=O) groups is 2. The van der Waals surface area contributed by atoms with Crippen molar-refractivity contribution in [3.63, 3.8) is 0 Å². The smallest absolute Gasteiger partial charge is 0.227 e. The maximum Gasteiger partial charge on any atom is 0.227 e. The van der Waals surface area contributed by atoms with E-state index in [2.05, 4.69) is 5.32 Å². The van der Waals surface area contributed by atoms with Crippen LogP contribution in [0.3, 0.4) is 0 Å². The summed E-state index contributed by atoms with van der Waals surface area (Å²) < 4.78 is 0. The first-order chi connectivity index (χ1) is 11.6. The highest BCUT2D eigenvalue weighted by Gasteiger charge is 2.30. The topological polar surface area (TPSA) is 72.2 Å². The molecule has 2 aliphatic carbocycles. The lowest BCUT2D eigenvalue weighted by molar-refractivity contribution is -0.122. The minimum absolute atomic E-state index is 0.0346. The number of hydrogen-bond donors (Lipinski definition) is 2. The third kappa shape index (κ3) is 3.81. The molecule has 130 valence electrons. The SMILES string of the molecule is NC(CNC(=O)C1CCc2cc(Cl)ccc21)C1CCC(C=O)CC1. The average molecular weight is 349 g/mol. The lowest BCUT2D eigenvalue weighted by Gasteiger charge is -2.30. The van der Waals surface area contributed by atoms with Crippen LogP contribution >= 0.6 is 11.6 Å². The van der Waals surface area contributed by atoms with Crippen LogP contribution in [-0.4, -0.2) is 24.8 Å². The Bertz CT molecular complexity index is 611. The Morgan fingerprint density at radius 1 is 1.29 bits per heavy atom. The summed E-state index contributed by atoms with van der Waals surface area (Å²) in [5, 5.41) is 3.76. The van der Waals surface area contributed by atoms with Gasteiger partial charge in [-0.15, -0.1) is 0 Å². The fourth-order valence-electron chi connectivity index (χ4n) is 4.08. The van der Waals surface area contributed by atoms with Gasteiger partial charge in [0.05, 0.1) is 5.92 Å². The highest BCUT2D eigenvalue weighted by atomic mass is 35.5. The lowest BCUT2D eigenvalue weighted by atomic mass is 9.79. The zero-order valence-corrected chi connectivity index (χ0v) is 14.6. The first-order valence-corrected chi connectivity index (χ1v) is 9.23. The molecule has 3 N–H and O–H groups in total. The Balaban J connectivity index is 1.51. The molecule has 2 unspecified atom stereocenters. The monoisotopic (exact) mass is 348 g/mol. The molecule has 2 aliphatic rings. The van der Waals surface area contributed by atoms with Gasteiger partial charge < -0.3 is 15.8 Å². The number of carbonyl (C=O) groups excluding carboxylic acids is 2. The zero-order valence-electron chi connectivity index (χ0n) is 13.8. The van der Waals surface area contributed by atoms with E-state index in [0.717, 1.165) is 55.4 Å². The quantitative estimate of drug-likeness (QED) is 0.804. The highest BCUT2D eigenvalue weighted by Crippen LogP contribution is 2.35. The third-order valence-corrected chi connectivity index (χ3v) is 5.86. The van der Waals surface area contributed by atoms with Crippen molar-refractivity contribution in [3.8, 4) is 0 Å². The number of aryl methyl sites for hydroxylation is 1. The number of halogens is 1. The van der Waals surface area contributed by atoms with Gasteiger partial charge in [-0.25, -0.2) is 0 Å². The Morgan fingerprint density at radius 3 is 2.75 bits per heavy atom.